The molecule has 7 heteroatoms. The number of rotatable bonds is 5. The summed E-state index contributed by atoms with van der Waals surface area (Å²) in [4.78, 5) is 29.1. The average molecular weight is 330 g/mol. The molecule has 126 valence electrons. The van der Waals surface area contributed by atoms with Crippen LogP contribution in [0.25, 0.3) is 17.2 Å². The molecule has 7 nitrogen and oxygen atoms in total. The molecule has 1 N–H and O–H groups in total. The molecule has 3 rings (SSSR count). The Balaban J connectivity index is 1.74. The minimum absolute atomic E-state index is 0.129. The zero-order chi connectivity index (χ0) is 16.9. The first-order valence-corrected chi connectivity index (χ1v) is 7.77. The molecule has 0 unspecified atom stereocenters. The van der Waals surface area contributed by atoms with Crippen LogP contribution in [0, 0.1) is 0 Å². The van der Waals surface area contributed by atoms with Crippen molar-refractivity contribution in [2.24, 2.45) is 0 Å². The molecule has 1 saturated heterocycles. The number of carboxylic acids is 1. The Hall–Kier alpha value is -2.67. The third-order valence-corrected chi connectivity index (χ3v) is 3.90. The fourth-order valence-electron chi connectivity index (χ4n) is 2.73. The van der Waals surface area contributed by atoms with Gasteiger partial charge in [-0.3, -0.25) is 9.59 Å². The van der Waals surface area contributed by atoms with Gasteiger partial charge in [0, 0.05) is 31.4 Å². The van der Waals surface area contributed by atoms with Crippen molar-refractivity contribution in [2.45, 2.75) is 18.9 Å². The number of carbonyl (C=O) groups is 2. The van der Waals surface area contributed by atoms with Gasteiger partial charge in [0.05, 0.1) is 0 Å². The number of hydrogen-bond acceptors (Lipinski definition) is 5. The van der Waals surface area contributed by atoms with Crippen LogP contribution in [0.1, 0.15) is 18.7 Å². The maximum Gasteiger partial charge on any atom is 0.323 e. The Morgan fingerprint density at radius 3 is 2.75 bits per heavy atom. The highest BCUT2D eigenvalue weighted by Crippen LogP contribution is 2.17. The van der Waals surface area contributed by atoms with Crippen molar-refractivity contribution in [3.05, 3.63) is 36.2 Å². The summed E-state index contributed by atoms with van der Waals surface area (Å²) in [5, 5.41) is 9.06. The van der Waals surface area contributed by atoms with Crippen LogP contribution in [-0.2, 0) is 14.3 Å². The number of fused-ring (bicyclic) bond motifs is 1. The van der Waals surface area contributed by atoms with Gasteiger partial charge in [0.25, 0.3) is 0 Å². The number of amides is 1. The monoisotopic (exact) mass is 330 g/mol. The first kappa shape index (κ1) is 16.2. The van der Waals surface area contributed by atoms with Crippen molar-refractivity contribution in [3.63, 3.8) is 0 Å². The lowest BCUT2D eigenvalue weighted by Gasteiger charge is -2.32. The predicted octanol–water partition coefficient (Wildman–Crippen LogP) is 1.93. The van der Waals surface area contributed by atoms with Crippen molar-refractivity contribution < 1.29 is 23.8 Å². The summed E-state index contributed by atoms with van der Waals surface area (Å²) in [6.07, 6.45) is 4.05. The number of nitrogens with zero attached hydrogens (tertiary/aromatic N) is 2. The van der Waals surface area contributed by atoms with Crippen LogP contribution < -0.4 is 0 Å². The van der Waals surface area contributed by atoms with E-state index in [0.29, 0.717) is 43.0 Å². The highest BCUT2D eigenvalue weighted by Gasteiger charge is 2.26. The summed E-state index contributed by atoms with van der Waals surface area (Å²) in [5.74, 6) is -1.09. The third-order valence-electron chi connectivity index (χ3n) is 3.90. The molecular weight excluding hydrogens is 312 g/mol. The summed E-state index contributed by atoms with van der Waals surface area (Å²) in [6, 6.07) is 7.17. The molecule has 1 aliphatic rings. The van der Waals surface area contributed by atoms with Gasteiger partial charge in [-0.1, -0.05) is 12.1 Å². The molecule has 0 spiro atoms. The van der Waals surface area contributed by atoms with Gasteiger partial charge in [-0.15, -0.1) is 0 Å². The molecule has 1 aromatic carbocycles. The number of carboxylic acid groups (broad SMARTS) is 1. The number of aliphatic carboxylic acids is 1. The maximum atomic E-state index is 12.4. The van der Waals surface area contributed by atoms with Gasteiger partial charge in [0.15, 0.2) is 5.58 Å². The number of hydrogen-bond donors (Lipinski definition) is 1. The lowest BCUT2D eigenvalue weighted by atomic mass is 10.1. The lowest BCUT2D eigenvalue weighted by Crippen LogP contribution is -2.45. The molecule has 1 aromatic heterocycles. The fraction of sp³-hybridized carbons (Fsp3) is 0.353. The molecule has 1 fully saturated rings. The van der Waals surface area contributed by atoms with Gasteiger partial charge < -0.3 is 19.2 Å². The molecule has 0 bridgehead atoms. The zero-order valence-electron chi connectivity index (χ0n) is 13.1. The van der Waals surface area contributed by atoms with E-state index >= 15 is 0 Å². The molecule has 0 radical (unpaired) electrons. The highest BCUT2D eigenvalue weighted by molar-refractivity contribution is 5.93. The van der Waals surface area contributed by atoms with Crippen molar-refractivity contribution in [3.8, 4) is 0 Å². The van der Waals surface area contributed by atoms with Crippen LogP contribution in [0.3, 0.4) is 0 Å². The second kappa shape index (κ2) is 7.27. The highest BCUT2D eigenvalue weighted by atomic mass is 16.5. The van der Waals surface area contributed by atoms with Crippen LogP contribution in [0.4, 0.5) is 0 Å². The van der Waals surface area contributed by atoms with Crippen molar-refractivity contribution >= 4 is 29.1 Å². The molecule has 0 aliphatic carbocycles. The second-order valence-corrected chi connectivity index (χ2v) is 5.56. The van der Waals surface area contributed by atoms with Crippen LogP contribution in [0.2, 0.25) is 0 Å². The number of para-hydroxylation sites is 2. The van der Waals surface area contributed by atoms with E-state index in [9.17, 15) is 9.59 Å². The van der Waals surface area contributed by atoms with Gasteiger partial charge in [0.1, 0.15) is 12.1 Å². The number of oxazole rings is 1. The molecule has 1 aliphatic heterocycles. The van der Waals surface area contributed by atoms with Crippen LogP contribution in [0.5, 0.6) is 0 Å². The molecule has 24 heavy (non-hydrogen) atoms. The maximum absolute atomic E-state index is 12.4. The Bertz CT molecular complexity index is 728. The quantitative estimate of drug-likeness (QED) is 0.842. The number of aromatic nitrogens is 1. The van der Waals surface area contributed by atoms with Crippen molar-refractivity contribution in [1.29, 1.82) is 0 Å². The minimum atomic E-state index is -1.04. The van der Waals surface area contributed by atoms with Gasteiger partial charge in [-0.25, -0.2) is 4.98 Å². The van der Waals surface area contributed by atoms with Gasteiger partial charge in [-0.05, 0) is 25.0 Å². The Kier molecular flexibility index (Phi) is 4.90. The molecule has 0 saturated carbocycles. The van der Waals surface area contributed by atoms with Gasteiger partial charge in [0.2, 0.25) is 11.8 Å². The minimum Gasteiger partial charge on any atom is -0.480 e. The first-order valence-electron chi connectivity index (χ1n) is 7.77. The number of carbonyl (C=O) groups excluding carboxylic acids is 1. The summed E-state index contributed by atoms with van der Waals surface area (Å²) in [5.41, 5.74) is 1.34. The molecule has 0 atom stereocenters. The molecular formula is C17H18N2O5. The Labute approximate surface area is 138 Å². The molecule has 1 amide bonds. The van der Waals surface area contributed by atoms with Gasteiger partial charge >= 0.3 is 5.97 Å². The standard InChI is InChI=1S/C17H18N2O5/c20-16(19(11-17(21)22)12-7-9-23-10-8-12)6-5-15-18-13-3-1-2-4-14(13)24-15/h1-6,12H,7-11H2,(H,21,22)/b6-5+. The number of ether oxygens (including phenoxy) is 1. The number of benzene rings is 1. The average Bonchev–Trinajstić information content (AvgIpc) is 3.01. The van der Waals surface area contributed by atoms with E-state index < -0.39 is 5.97 Å². The second-order valence-electron chi connectivity index (χ2n) is 5.56. The Morgan fingerprint density at radius 1 is 1.29 bits per heavy atom. The smallest absolute Gasteiger partial charge is 0.323 e. The van der Waals surface area contributed by atoms with Crippen LogP contribution in [0.15, 0.2) is 34.8 Å². The van der Waals surface area contributed by atoms with Gasteiger partial charge in [-0.2, -0.15) is 0 Å². The fourth-order valence-corrected chi connectivity index (χ4v) is 2.73. The summed E-state index contributed by atoms with van der Waals surface area (Å²) in [7, 11) is 0. The molecule has 2 heterocycles. The summed E-state index contributed by atoms with van der Waals surface area (Å²) < 4.78 is 10.8. The van der Waals surface area contributed by atoms with Crippen LogP contribution in [-0.4, -0.2) is 52.7 Å². The molecule has 2 aromatic rings. The van der Waals surface area contributed by atoms with Crippen molar-refractivity contribution in [1.82, 2.24) is 9.88 Å². The lowest BCUT2D eigenvalue weighted by molar-refractivity contribution is -0.145. The SMILES string of the molecule is O=C(O)CN(C(=O)/C=C/c1nc2ccccc2o1)C1CCOCC1. The van der Waals surface area contributed by atoms with E-state index in [1.54, 1.807) is 6.07 Å². The van der Waals surface area contributed by atoms with E-state index in [1.165, 1.54) is 17.1 Å². The van der Waals surface area contributed by atoms with E-state index in [1.807, 2.05) is 18.2 Å². The largest absolute Gasteiger partial charge is 0.480 e. The van der Waals surface area contributed by atoms with Crippen molar-refractivity contribution in [2.75, 3.05) is 19.8 Å². The van der Waals surface area contributed by atoms with E-state index in [4.69, 9.17) is 14.3 Å². The normalized spacial score (nSPS) is 15.8. The first-order chi connectivity index (χ1) is 11.6. The summed E-state index contributed by atoms with van der Waals surface area (Å²) >= 11 is 0. The topological polar surface area (TPSA) is 92.9 Å². The van der Waals surface area contributed by atoms with E-state index in [2.05, 4.69) is 4.98 Å². The predicted molar refractivity (Wildman–Crippen MR) is 86.2 cm³/mol. The zero-order valence-corrected chi connectivity index (χ0v) is 13.1. The summed E-state index contributed by atoms with van der Waals surface area (Å²) in [6.45, 7) is 0.729. The Morgan fingerprint density at radius 2 is 2.04 bits per heavy atom. The van der Waals surface area contributed by atoms with E-state index in [0.717, 1.165) is 0 Å². The third kappa shape index (κ3) is 3.80. The van der Waals surface area contributed by atoms with Crippen LogP contribution >= 0.6 is 0 Å². The van der Waals surface area contributed by atoms with E-state index in [-0.39, 0.29) is 18.5 Å².